The van der Waals surface area contributed by atoms with Crippen LogP contribution in [0, 0.1) is 0 Å². The van der Waals surface area contributed by atoms with Gasteiger partial charge in [-0.1, -0.05) is 6.92 Å². The van der Waals surface area contributed by atoms with Gasteiger partial charge in [0.1, 0.15) is 0 Å². The van der Waals surface area contributed by atoms with Gasteiger partial charge in [0.05, 0.1) is 19.7 Å². The van der Waals surface area contributed by atoms with Crippen LogP contribution < -0.4 is 5.32 Å². The Bertz CT molecular complexity index is 306. The predicted octanol–water partition coefficient (Wildman–Crippen LogP) is -0.148. The van der Waals surface area contributed by atoms with Crippen LogP contribution in [0.15, 0.2) is 0 Å². The molecule has 0 spiro atoms. The second kappa shape index (κ2) is 10.3. The Hall–Kier alpha value is -1.63. The zero-order chi connectivity index (χ0) is 14.7. The van der Waals surface area contributed by atoms with E-state index in [1.807, 2.05) is 6.92 Å². The van der Waals surface area contributed by atoms with Crippen LogP contribution in [0.2, 0.25) is 0 Å². The van der Waals surface area contributed by atoms with Crippen LogP contribution in [-0.4, -0.2) is 60.6 Å². The Kier molecular flexibility index (Phi) is 9.42. The van der Waals surface area contributed by atoms with E-state index in [2.05, 4.69) is 5.32 Å². The topological polar surface area (TPSA) is 95.9 Å². The maximum Gasteiger partial charge on any atom is 0.320 e. The largest absolute Gasteiger partial charge is 0.481 e. The Balaban J connectivity index is 3.86. The number of carbonyl (C=O) groups is 3. The number of hydrogen-bond acceptors (Lipinski definition) is 5. The molecule has 2 N–H and O–H groups in total. The van der Waals surface area contributed by atoms with E-state index in [4.69, 9.17) is 9.84 Å². The van der Waals surface area contributed by atoms with Gasteiger partial charge in [-0.2, -0.15) is 0 Å². The molecule has 0 saturated carbocycles. The van der Waals surface area contributed by atoms with E-state index in [0.717, 1.165) is 0 Å². The summed E-state index contributed by atoms with van der Waals surface area (Å²) in [5.41, 5.74) is 0. The predicted molar refractivity (Wildman–Crippen MR) is 68.6 cm³/mol. The molecule has 0 fully saturated rings. The summed E-state index contributed by atoms with van der Waals surface area (Å²) in [5.74, 6) is -1.47. The molecule has 0 saturated heterocycles. The van der Waals surface area contributed by atoms with Gasteiger partial charge < -0.3 is 15.2 Å². The molecule has 7 heteroatoms. The Morgan fingerprint density at radius 1 is 1.21 bits per heavy atom. The minimum atomic E-state index is -0.883. The Morgan fingerprint density at radius 2 is 1.89 bits per heavy atom. The van der Waals surface area contributed by atoms with Crippen LogP contribution in [0.5, 0.6) is 0 Å². The molecule has 0 bridgehead atoms. The van der Waals surface area contributed by atoms with E-state index in [9.17, 15) is 14.4 Å². The number of likely N-dealkylation sites (N-methyl/N-ethyl adjacent to an activating group) is 1. The fourth-order valence-electron chi connectivity index (χ4n) is 1.40. The van der Waals surface area contributed by atoms with Gasteiger partial charge in [-0.25, -0.2) is 0 Å². The van der Waals surface area contributed by atoms with Crippen molar-refractivity contribution in [3.8, 4) is 0 Å². The third kappa shape index (κ3) is 10.0. The monoisotopic (exact) mass is 274 g/mol. The van der Waals surface area contributed by atoms with Gasteiger partial charge in [-0.3, -0.25) is 19.3 Å². The van der Waals surface area contributed by atoms with Gasteiger partial charge in [0, 0.05) is 13.0 Å². The fraction of sp³-hybridized carbons (Fsp3) is 0.750. The molecule has 0 aromatic heterocycles. The summed E-state index contributed by atoms with van der Waals surface area (Å²) >= 11 is 0. The lowest BCUT2D eigenvalue weighted by Crippen LogP contribution is -2.40. The Labute approximate surface area is 112 Å². The average Bonchev–Trinajstić information content (AvgIpc) is 2.34. The lowest BCUT2D eigenvalue weighted by Gasteiger charge is -2.18. The molecular weight excluding hydrogens is 252 g/mol. The molecule has 0 aromatic rings. The Morgan fingerprint density at radius 3 is 2.42 bits per heavy atom. The number of nitrogens with zero attached hydrogens (tertiary/aromatic N) is 1. The van der Waals surface area contributed by atoms with Crippen molar-refractivity contribution in [2.24, 2.45) is 0 Å². The van der Waals surface area contributed by atoms with E-state index >= 15 is 0 Å². The molecule has 0 heterocycles. The molecule has 1 amide bonds. The molecule has 0 aliphatic rings. The standard InChI is InChI=1S/C12H22N2O5/c1-3-14(9-12(18)19-4-2)8-10(15)13-7-5-6-11(16)17/h3-9H2,1-2H3,(H,13,15)(H,16,17). The highest BCUT2D eigenvalue weighted by atomic mass is 16.5. The number of carboxylic acid groups (broad SMARTS) is 1. The number of hydrogen-bond donors (Lipinski definition) is 2. The first-order chi connectivity index (χ1) is 8.99. The second-order valence-electron chi connectivity index (χ2n) is 3.96. The minimum absolute atomic E-state index is 0.0284. The first-order valence-corrected chi connectivity index (χ1v) is 6.36. The summed E-state index contributed by atoms with van der Waals surface area (Å²) < 4.78 is 4.80. The minimum Gasteiger partial charge on any atom is -0.481 e. The van der Waals surface area contributed by atoms with Crippen LogP contribution in [0.1, 0.15) is 26.7 Å². The molecule has 0 atom stereocenters. The van der Waals surface area contributed by atoms with Gasteiger partial charge in [-0.15, -0.1) is 0 Å². The summed E-state index contributed by atoms with van der Waals surface area (Å²) in [4.78, 5) is 34.7. The van der Waals surface area contributed by atoms with E-state index in [1.165, 1.54) is 0 Å². The number of carbonyl (C=O) groups excluding carboxylic acids is 2. The zero-order valence-electron chi connectivity index (χ0n) is 11.5. The van der Waals surface area contributed by atoms with Crippen LogP contribution >= 0.6 is 0 Å². The lowest BCUT2D eigenvalue weighted by molar-refractivity contribution is -0.144. The van der Waals surface area contributed by atoms with E-state index in [0.29, 0.717) is 26.1 Å². The SMILES string of the molecule is CCOC(=O)CN(CC)CC(=O)NCCCC(=O)O. The number of carboxylic acids is 1. The molecule has 0 aromatic carbocycles. The molecule has 0 radical (unpaired) electrons. The van der Waals surface area contributed by atoms with Gasteiger partial charge in [-0.05, 0) is 19.9 Å². The van der Waals surface area contributed by atoms with Gasteiger partial charge in [0.2, 0.25) is 5.91 Å². The van der Waals surface area contributed by atoms with Crippen LogP contribution in [0.25, 0.3) is 0 Å². The summed E-state index contributed by atoms with van der Waals surface area (Å²) in [7, 11) is 0. The first-order valence-electron chi connectivity index (χ1n) is 6.36. The maximum atomic E-state index is 11.5. The number of esters is 1. The van der Waals surface area contributed by atoms with Crippen molar-refractivity contribution >= 4 is 17.8 Å². The third-order valence-corrected chi connectivity index (χ3v) is 2.36. The molecule has 7 nitrogen and oxygen atoms in total. The average molecular weight is 274 g/mol. The number of rotatable bonds is 10. The molecule has 19 heavy (non-hydrogen) atoms. The zero-order valence-corrected chi connectivity index (χ0v) is 11.5. The number of ether oxygens (including phenoxy) is 1. The molecule has 0 aliphatic carbocycles. The van der Waals surface area contributed by atoms with Gasteiger partial charge >= 0.3 is 11.9 Å². The molecule has 0 unspecified atom stereocenters. The molecular formula is C12H22N2O5. The van der Waals surface area contributed by atoms with Crippen LogP contribution in [0.3, 0.4) is 0 Å². The maximum absolute atomic E-state index is 11.5. The van der Waals surface area contributed by atoms with Gasteiger partial charge in [0.15, 0.2) is 0 Å². The quantitative estimate of drug-likeness (QED) is 0.425. The summed E-state index contributed by atoms with van der Waals surface area (Å²) in [6.07, 6.45) is 0.422. The number of nitrogens with one attached hydrogen (secondary N) is 1. The van der Waals surface area contributed by atoms with Crippen LogP contribution in [0.4, 0.5) is 0 Å². The first kappa shape index (κ1) is 17.4. The number of amides is 1. The summed E-state index contributed by atoms with van der Waals surface area (Å²) in [5, 5.41) is 11.1. The number of aliphatic carboxylic acids is 1. The summed E-state index contributed by atoms with van der Waals surface area (Å²) in [6, 6.07) is 0. The van der Waals surface area contributed by atoms with Crippen molar-refractivity contribution in [3.05, 3.63) is 0 Å². The molecule has 0 rings (SSSR count). The van der Waals surface area contributed by atoms with E-state index < -0.39 is 5.97 Å². The van der Waals surface area contributed by atoms with Crippen molar-refractivity contribution in [2.75, 3.05) is 32.8 Å². The van der Waals surface area contributed by atoms with Crippen molar-refractivity contribution < 1.29 is 24.2 Å². The summed E-state index contributed by atoms with van der Waals surface area (Å²) in [6.45, 7) is 4.94. The van der Waals surface area contributed by atoms with Crippen LogP contribution in [-0.2, 0) is 19.1 Å². The van der Waals surface area contributed by atoms with Crippen molar-refractivity contribution in [1.29, 1.82) is 0 Å². The van der Waals surface area contributed by atoms with E-state index in [-0.39, 0.29) is 31.4 Å². The van der Waals surface area contributed by atoms with Crippen molar-refractivity contribution in [3.63, 3.8) is 0 Å². The highest BCUT2D eigenvalue weighted by molar-refractivity contribution is 5.79. The van der Waals surface area contributed by atoms with Crippen molar-refractivity contribution in [2.45, 2.75) is 26.7 Å². The highest BCUT2D eigenvalue weighted by Gasteiger charge is 2.13. The second-order valence-corrected chi connectivity index (χ2v) is 3.96. The highest BCUT2D eigenvalue weighted by Crippen LogP contribution is 1.91. The molecule has 0 aliphatic heterocycles. The van der Waals surface area contributed by atoms with Gasteiger partial charge in [0.25, 0.3) is 0 Å². The third-order valence-electron chi connectivity index (χ3n) is 2.36. The normalized spacial score (nSPS) is 10.3. The molecule has 110 valence electrons. The van der Waals surface area contributed by atoms with E-state index in [1.54, 1.807) is 11.8 Å². The smallest absolute Gasteiger partial charge is 0.320 e. The van der Waals surface area contributed by atoms with Crippen molar-refractivity contribution in [1.82, 2.24) is 10.2 Å². The fourth-order valence-corrected chi connectivity index (χ4v) is 1.40. The lowest BCUT2D eigenvalue weighted by atomic mass is 10.3.